The molecule has 0 aromatic carbocycles. The van der Waals surface area contributed by atoms with Crippen LogP contribution in [-0.4, -0.2) is 19.7 Å². The van der Waals surface area contributed by atoms with Crippen LogP contribution in [0.15, 0.2) is 24.5 Å². The fourth-order valence-electron chi connectivity index (χ4n) is 3.44. The standard InChI is InChI=1S/C16H22N4S/c1-2-4-12-6-8-14(9-7-12)20-15(18-19-16(20)21)13-5-3-10-17-11-13/h3,5,10-12,14H,2,4,6-9H2,1H3,(H,19,21). The maximum atomic E-state index is 5.46. The molecule has 0 amide bonds. The molecule has 2 aromatic rings. The summed E-state index contributed by atoms with van der Waals surface area (Å²) in [7, 11) is 0. The maximum absolute atomic E-state index is 5.46. The van der Waals surface area contributed by atoms with E-state index in [0.717, 1.165) is 22.1 Å². The van der Waals surface area contributed by atoms with Gasteiger partial charge in [0.1, 0.15) is 0 Å². The van der Waals surface area contributed by atoms with Crippen LogP contribution >= 0.6 is 12.2 Å². The highest BCUT2D eigenvalue weighted by atomic mass is 32.1. The summed E-state index contributed by atoms with van der Waals surface area (Å²) < 4.78 is 2.93. The number of H-pyrrole nitrogens is 1. The third kappa shape index (κ3) is 3.07. The Morgan fingerprint density at radius 2 is 2.14 bits per heavy atom. The number of hydrogen-bond donors (Lipinski definition) is 1. The fraction of sp³-hybridized carbons (Fsp3) is 0.562. The van der Waals surface area contributed by atoms with Crippen molar-refractivity contribution in [3.05, 3.63) is 29.3 Å². The van der Waals surface area contributed by atoms with Gasteiger partial charge in [-0.2, -0.15) is 5.10 Å². The van der Waals surface area contributed by atoms with Crippen molar-refractivity contribution in [1.82, 2.24) is 19.7 Å². The van der Waals surface area contributed by atoms with E-state index >= 15 is 0 Å². The molecule has 1 fully saturated rings. The summed E-state index contributed by atoms with van der Waals surface area (Å²) in [6.45, 7) is 2.28. The fourth-order valence-corrected chi connectivity index (χ4v) is 3.72. The van der Waals surface area contributed by atoms with Gasteiger partial charge in [-0.15, -0.1) is 0 Å². The molecule has 0 atom stereocenters. The second-order valence-corrected chi connectivity index (χ2v) is 6.31. The quantitative estimate of drug-likeness (QED) is 0.844. The summed E-state index contributed by atoms with van der Waals surface area (Å²) >= 11 is 5.46. The minimum Gasteiger partial charge on any atom is -0.297 e. The number of pyridine rings is 1. The molecule has 5 heteroatoms. The van der Waals surface area contributed by atoms with Gasteiger partial charge in [-0.05, 0) is 56.0 Å². The second kappa shape index (κ2) is 6.52. The lowest BCUT2D eigenvalue weighted by molar-refractivity contribution is 0.262. The zero-order chi connectivity index (χ0) is 14.7. The first-order valence-corrected chi connectivity index (χ1v) is 8.27. The van der Waals surface area contributed by atoms with E-state index in [2.05, 4.69) is 26.7 Å². The van der Waals surface area contributed by atoms with Gasteiger partial charge in [0.25, 0.3) is 0 Å². The van der Waals surface area contributed by atoms with Crippen LogP contribution < -0.4 is 0 Å². The van der Waals surface area contributed by atoms with Gasteiger partial charge in [-0.1, -0.05) is 19.8 Å². The van der Waals surface area contributed by atoms with E-state index in [1.165, 1.54) is 38.5 Å². The summed E-state index contributed by atoms with van der Waals surface area (Å²) in [4.78, 5) is 4.19. The summed E-state index contributed by atoms with van der Waals surface area (Å²) in [6.07, 6.45) is 11.3. The highest BCUT2D eigenvalue weighted by Crippen LogP contribution is 2.36. The summed E-state index contributed by atoms with van der Waals surface area (Å²) in [5.74, 6) is 1.82. The van der Waals surface area contributed by atoms with Crippen LogP contribution in [0.2, 0.25) is 0 Å². The van der Waals surface area contributed by atoms with Crippen LogP contribution in [0.3, 0.4) is 0 Å². The van der Waals surface area contributed by atoms with E-state index in [0.29, 0.717) is 6.04 Å². The molecule has 1 N–H and O–H groups in total. The number of nitrogens with zero attached hydrogens (tertiary/aromatic N) is 3. The predicted molar refractivity (Wildman–Crippen MR) is 86.5 cm³/mol. The molecule has 3 rings (SSSR count). The monoisotopic (exact) mass is 302 g/mol. The van der Waals surface area contributed by atoms with E-state index in [1.807, 2.05) is 18.3 Å². The molecule has 0 aliphatic heterocycles. The molecule has 0 saturated heterocycles. The van der Waals surface area contributed by atoms with Crippen molar-refractivity contribution in [1.29, 1.82) is 0 Å². The molecule has 2 aromatic heterocycles. The molecule has 2 heterocycles. The number of aromatic amines is 1. The van der Waals surface area contributed by atoms with Crippen molar-refractivity contribution in [2.75, 3.05) is 0 Å². The minimum atomic E-state index is 0.472. The molecule has 4 nitrogen and oxygen atoms in total. The van der Waals surface area contributed by atoms with Crippen molar-refractivity contribution in [3.8, 4) is 11.4 Å². The zero-order valence-corrected chi connectivity index (χ0v) is 13.3. The van der Waals surface area contributed by atoms with Crippen molar-refractivity contribution < 1.29 is 0 Å². The second-order valence-electron chi connectivity index (χ2n) is 5.93. The molecular formula is C16H22N4S. The summed E-state index contributed by atoms with van der Waals surface area (Å²) in [6, 6.07) is 4.45. The molecule has 0 bridgehead atoms. The van der Waals surface area contributed by atoms with Gasteiger partial charge in [-0.3, -0.25) is 14.6 Å². The van der Waals surface area contributed by atoms with Crippen molar-refractivity contribution in [2.45, 2.75) is 51.5 Å². The van der Waals surface area contributed by atoms with E-state index in [1.54, 1.807) is 6.20 Å². The molecular weight excluding hydrogens is 280 g/mol. The van der Waals surface area contributed by atoms with Gasteiger partial charge in [-0.25, -0.2) is 0 Å². The molecule has 1 saturated carbocycles. The molecule has 1 aliphatic rings. The number of aromatic nitrogens is 4. The van der Waals surface area contributed by atoms with Crippen LogP contribution in [0, 0.1) is 10.7 Å². The molecule has 0 radical (unpaired) electrons. The molecule has 0 unspecified atom stereocenters. The number of rotatable bonds is 4. The Balaban J connectivity index is 1.84. The Kier molecular flexibility index (Phi) is 4.48. The first kappa shape index (κ1) is 14.4. The summed E-state index contributed by atoms with van der Waals surface area (Å²) in [5, 5.41) is 7.38. The lowest BCUT2D eigenvalue weighted by atomic mass is 9.83. The maximum Gasteiger partial charge on any atom is 0.195 e. The van der Waals surface area contributed by atoms with Crippen LogP contribution in [0.25, 0.3) is 11.4 Å². The van der Waals surface area contributed by atoms with Gasteiger partial charge in [0.2, 0.25) is 0 Å². The highest BCUT2D eigenvalue weighted by Gasteiger charge is 2.24. The Morgan fingerprint density at radius 3 is 2.81 bits per heavy atom. The van der Waals surface area contributed by atoms with Crippen LogP contribution in [-0.2, 0) is 0 Å². The predicted octanol–water partition coefficient (Wildman–Crippen LogP) is 4.53. The van der Waals surface area contributed by atoms with E-state index in [-0.39, 0.29) is 0 Å². The molecule has 1 aliphatic carbocycles. The minimum absolute atomic E-state index is 0.472. The third-order valence-corrected chi connectivity index (χ3v) is 4.79. The average molecular weight is 302 g/mol. The third-order valence-electron chi connectivity index (χ3n) is 4.50. The lowest BCUT2D eigenvalue weighted by Gasteiger charge is -2.29. The SMILES string of the molecule is CCCC1CCC(n2c(-c3cccnc3)n[nH]c2=S)CC1. The Hall–Kier alpha value is -1.49. The van der Waals surface area contributed by atoms with Crippen molar-refractivity contribution >= 4 is 12.2 Å². The Bertz CT molecular complexity index is 623. The van der Waals surface area contributed by atoms with Gasteiger partial charge < -0.3 is 0 Å². The summed E-state index contributed by atoms with van der Waals surface area (Å²) in [5.41, 5.74) is 1.03. The first-order chi connectivity index (χ1) is 10.3. The van der Waals surface area contributed by atoms with Crippen LogP contribution in [0.4, 0.5) is 0 Å². The largest absolute Gasteiger partial charge is 0.297 e. The van der Waals surface area contributed by atoms with Gasteiger partial charge in [0, 0.05) is 24.0 Å². The smallest absolute Gasteiger partial charge is 0.195 e. The number of hydrogen-bond acceptors (Lipinski definition) is 3. The van der Waals surface area contributed by atoms with Crippen LogP contribution in [0.5, 0.6) is 0 Å². The normalized spacial score (nSPS) is 22.3. The lowest BCUT2D eigenvalue weighted by Crippen LogP contribution is -2.19. The van der Waals surface area contributed by atoms with E-state index in [9.17, 15) is 0 Å². The van der Waals surface area contributed by atoms with E-state index < -0.39 is 0 Å². The van der Waals surface area contributed by atoms with E-state index in [4.69, 9.17) is 12.2 Å². The van der Waals surface area contributed by atoms with Gasteiger partial charge in [0.05, 0.1) is 0 Å². The molecule has 21 heavy (non-hydrogen) atoms. The highest BCUT2D eigenvalue weighted by molar-refractivity contribution is 7.71. The van der Waals surface area contributed by atoms with Crippen molar-refractivity contribution in [3.63, 3.8) is 0 Å². The number of nitrogens with one attached hydrogen (secondary N) is 1. The topological polar surface area (TPSA) is 46.5 Å². The first-order valence-electron chi connectivity index (χ1n) is 7.87. The Morgan fingerprint density at radius 1 is 1.33 bits per heavy atom. The van der Waals surface area contributed by atoms with Gasteiger partial charge >= 0.3 is 0 Å². The molecule has 112 valence electrons. The van der Waals surface area contributed by atoms with Crippen molar-refractivity contribution in [2.24, 2.45) is 5.92 Å². The Labute approximate surface area is 130 Å². The van der Waals surface area contributed by atoms with Gasteiger partial charge in [0.15, 0.2) is 10.6 Å². The zero-order valence-electron chi connectivity index (χ0n) is 12.5. The average Bonchev–Trinajstić information content (AvgIpc) is 2.91. The molecule has 0 spiro atoms. The van der Waals surface area contributed by atoms with Crippen LogP contribution in [0.1, 0.15) is 51.5 Å².